The summed E-state index contributed by atoms with van der Waals surface area (Å²) in [6, 6.07) is 2.47. The molecule has 0 aromatic carbocycles. The van der Waals surface area contributed by atoms with Gasteiger partial charge in [-0.2, -0.15) is 5.10 Å². The molecular weight excluding hydrogens is 204 g/mol. The van der Waals surface area contributed by atoms with Gasteiger partial charge in [0, 0.05) is 30.9 Å². The number of aryl methyl sites for hydroxylation is 1. The van der Waals surface area contributed by atoms with E-state index >= 15 is 0 Å². The SMILES string of the molecule is Cc1cc(C(=O)N2CC(C)NC(C)C2)n[nH]1. The van der Waals surface area contributed by atoms with Gasteiger partial charge in [0.2, 0.25) is 0 Å². The van der Waals surface area contributed by atoms with Crippen LogP contribution in [0.1, 0.15) is 30.0 Å². The van der Waals surface area contributed by atoms with Crippen LogP contribution >= 0.6 is 0 Å². The Morgan fingerprint density at radius 2 is 2.06 bits per heavy atom. The first-order chi connectivity index (χ1) is 7.56. The molecule has 88 valence electrons. The number of rotatable bonds is 1. The molecule has 2 unspecified atom stereocenters. The molecule has 1 aromatic heterocycles. The Morgan fingerprint density at radius 1 is 1.44 bits per heavy atom. The summed E-state index contributed by atoms with van der Waals surface area (Å²) in [6.45, 7) is 7.56. The lowest BCUT2D eigenvalue weighted by molar-refractivity contribution is 0.0668. The first kappa shape index (κ1) is 11.1. The van der Waals surface area contributed by atoms with Crippen molar-refractivity contribution in [3.05, 3.63) is 17.5 Å². The van der Waals surface area contributed by atoms with Crippen LogP contribution in [-0.4, -0.2) is 46.2 Å². The number of aromatic nitrogens is 2. The van der Waals surface area contributed by atoms with Crippen molar-refractivity contribution in [3.63, 3.8) is 0 Å². The van der Waals surface area contributed by atoms with E-state index in [9.17, 15) is 4.79 Å². The molecule has 1 aromatic rings. The second kappa shape index (κ2) is 4.25. The molecule has 0 saturated carbocycles. The minimum atomic E-state index is 0.0181. The Morgan fingerprint density at radius 3 is 2.56 bits per heavy atom. The molecule has 16 heavy (non-hydrogen) atoms. The molecular formula is C11H18N4O. The molecule has 0 radical (unpaired) electrons. The molecule has 1 amide bonds. The molecule has 0 spiro atoms. The van der Waals surface area contributed by atoms with E-state index in [0.717, 1.165) is 18.8 Å². The van der Waals surface area contributed by atoms with Crippen molar-refractivity contribution in [1.82, 2.24) is 20.4 Å². The van der Waals surface area contributed by atoms with Crippen LogP contribution in [0.5, 0.6) is 0 Å². The highest BCUT2D eigenvalue weighted by atomic mass is 16.2. The minimum absolute atomic E-state index is 0.0181. The van der Waals surface area contributed by atoms with Crippen LogP contribution in [0.2, 0.25) is 0 Å². The van der Waals surface area contributed by atoms with Gasteiger partial charge < -0.3 is 10.2 Å². The number of piperazine rings is 1. The topological polar surface area (TPSA) is 61.0 Å². The predicted molar refractivity (Wildman–Crippen MR) is 61.3 cm³/mol. The second-order valence-corrected chi connectivity index (χ2v) is 4.62. The van der Waals surface area contributed by atoms with Gasteiger partial charge in [-0.25, -0.2) is 0 Å². The summed E-state index contributed by atoms with van der Waals surface area (Å²) in [6.07, 6.45) is 0. The smallest absolute Gasteiger partial charge is 0.274 e. The van der Waals surface area contributed by atoms with E-state index in [-0.39, 0.29) is 5.91 Å². The molecule has 1 saturated heterocycles. The fourth-order valence-electron chi connectivity index (χ4n) is 2.18. The standard InChI is InChI=1S/C11H18N4O/c1-7-4-10(14-13-7)11(16)15-5-8(2)12-9(3)6-15/h4,8-9,12H,5-6H2,1-3H3,(H,13,14). The Hall–Kier alpha value is -1.36. The van der Waals surface area contributed by atoms with Gasteiger partial charge in [-0.05, 0) is 26.8 Å². The van der Waals surface area contributed by atoms with Crippen molar-refractivity contribution >= 4 is 5.91 Å². The van der Waals surface area contributed by atoms with E-state index in [4.69, 9.17) is 0 Å². The third kappa shape index (κ3) is 2.24. The maximum Gasteiger partial charge on any atom is 0.274 e. The van der Waals surface area contributed by atoms with Gasteiger partial charge in [0.15, 0.2) is 0 Å². The average molecular weight is 222 g/mol. The number of carbonyl (C=O) groups is 1. The number of hydrogen-bond acceptors (Lipinski definition) is 3. The molecule has 2 atom stereocenters. The largest absolute Gasteiger partial charge is 0.334 e. The highest BCUT2D eigenvalue weighted by Crippen LogP contribution is 2.09. The zero-order valence-corrected chi connectivity index (χ0v) is 9.95. The molecule has 1 aliphatic rings. The van der Waals surface area contributed by atoms with E-state index in [2.05, 4.69) is 29.4 Å². The number of nitrogens with one attached hydrogen (secondary N) is 2. The Bertz CT molecular complexity index is 377. The summed E-state index contributed by atoms with van der Waals surface area (Å²) in [7, 11) is 0. The fourth-order valence-corrected chi connectivity index (χ4v) is 2.18. The van der Waals surface area contributed by atoms with E-state index in [1.165, 1.54) is 0 Å². The van der Waals surface area contributed by atoms with Gasteiger partial charge >= 0.3 is 0 Å². The third-order valence-electron chi connectivity index (χ3n) is 2.77. The highest BCUT2D eigenvalue weighted by Gasteiger charge is 2.26. The summed E-state index contributed by atoms with van der Waals surface area (Å²) in [5.74, 6) is 0.0181. The van der Waals surface area contributed by atoms with Gasteiger partial charge in [0.05, 0.1) is 0 Å². The molecule has 2 heterocycles. The lowest BCUT2D eigenvalue weighted by Crippen LogP contribution is -2.55. The molecule has 0 bridgehead atoms. The predicted octanol–water partition coefficient (Wildman–Crippen LogP) is 0.541. The van der Waals surface area contributed by atoms with Crippen LogP contribution in [-0.2, 0) is 0 Å². The number of H-pyrrole nitrogens is 1. The molecule has 5 heteroatoms. The molecule has 2 N–H and O–H groups in total. The fraction of sp³-hybridized carbons (Fsp3) is 0.636. The zero-order chi connectivity index (χ0) is 11.7. The van der Waals surface area contributed by atoms with Gasteiger partial charge in [-0.3, -0.25) is 9.89 Å². The minimum Gasteiger partial charge on any atom is -0.334 e. The Balaban J connectivity index is 2.09. The average Bonchev–Trinajstić information content (AvgIpc) is 2.62. The van der Waals surface area contributed by atoms with E-state index < -0.39 is 0 Å². The summed E-state index contributed by atoms with van der Waals surface area (Å²) >= 11 is 0. The summed E-state index contributed by atoms with van der Waals surface area (Å²) in [5.41, 5.74) is 1.43. The zero-order valence-electron chi connectivity index (χ0n) is 9.95. The van der Waals surface area contributed by atoms with Gasteiger partial charge in [0.1, 0.15) is 5.69 Å². The van der Waals surface area contributed by atoms with Crippen LogP contribution in [0, 0.1) is 6.92 Å². The normalized spacial score (nSPS) is 25.8. The summed E-state index contributed by atoms with van der Waals surface area (Å²) < 4.78 is 0. The molecule has 1 aliphatic heterocycles. The van der Waals surface area contributed by atoms with Crippen molar-refractivity contribution in [2.75, 3.05) is 13.1 Å². The van der Waals surface area contributed by atoms with Crippen molar-refractivity contribution in [2.24, 2.45) is 0 Å². The summed E-state index contributed by atoms with van der Waals surface area (Å²) in [5, 5.41) is 10.2. The van der Waals surface area contributed by atoms with Crippen LogP contribution in [0.15, 0.2) is 6.07 Å². The second-order valence-electron chi connectivity index (χ2n) is 4.62. The molecule has 2 rings (SSSR count). The first-order valence-corrected chi connectivity index (χ1v) is 5.63. The van der Waals surface area contributed by atoms with Crippen molar-refractivity contribution in [3.8, 4) is 0 Å². The first-order valence-electron chi connectivity index (χ1n) is 5.63. The molecule has 1 fully saturated rings. The quantitative estimate of drug-likeness (QED) is 0.729. The molecule has 5 nitrogen and oxygen atoms in total. The van der Waals surface area contributed by atoms with Crippen molar-refractivity contribution in [2.45, 2.75) is 32.9 Å². The van der Waals surface area contributed by atoms with E-state index in [0.29, 0.717) is 17.8 Å². The third-order valence-corrected chi connectivity index (χ3v) is 2.77. The highest BCUT2D eigenvalue weighted by molar-refractivity contribution is 5.92. The van der Waals surface area contributed by atoms with Gasteiger partial charge in [-0.1, -0.05) is 0 Å². The van der Waals surface area contributed by atoms with Crippen LogP contribution in [0.3, 0.4) is 0 Å². The van der Waals surface area contributed by atoms with E-state index in [1.807, 2.05) is 11.8 Å². The maximum absolute atomic E-state index is 12.1. The van der Waals surface area contributed by atoms with Gasteiger partial charge in [0.25, 0.3) is 5.91 Å². The Kier molecular flexibility index (Phi) is 2.96. The van der Waals surface area contributed by atoms with Crippen molar-refractivity contribution < 1.29 is 4.79 Å². The Labute approximate surface area is 95.2 Å². The van der Waals surface area contributed by atoms with Gasteiger partial charge in [-0.15, -0.1) is 0 Å². The number of carbonyl (C=O) groups excluding carboxylic acids is 1. The van der Waals surface area contributed by atoms with Crippen LogP contribution in [0.4, 0.5) is 0 Å². The van der Waals surface area contributed by atoms with Crippen LogP contribution < -0.4 is 5.32 Å². The summed E-state index contributed by atoms with van der Waals surface area (Å²) in [4.78, 5) is 14.0. The molecule has 0 aliphatic carbocycles. The number of amides is 1. The van der Waals surface area contributed by atoms with Crippen molar-refractivity contribution in [1.29, 1.82) is 0 Å². The maximum atomic E-state index is 12.1. The monoisotopic (exact) mass is 222 g/mol. The number of nitrogens with zero attached hydrogens (tertiary/aromatic N) is 2. The van der Waals surface area contributed by atoms with Crippen LogP contribution in [0.25, 0.3) is 0 Å². The number of aromatic amines is 1. The number of hydrogen-bond donors (Lipinski definition) is 2. The van der Waals surface area contributed by atoms with E-state index in [1.54, 1.807) is 6.07 Å². The lowest BCUT2D eigenvalue weighted by atomic mass is 10.1. The lowest BCUT2D eigenvalue weighted by Gasteiger charge is -2.35.